The van der Waals surface area contributed by atoms with Crippen LogP contribution in [0.2, 0.25) is 5.35 Å². The maximum atomic E-state index is 5.57. The van der Waals surface area contributed by atoms with Crippen molar-refractivity contribution < 1.29 is 4.42 Å². The lowest BCUT2D eigenvalue weighted by atomic mass is 9.97. The summed E-state index contributed by atoms with van der Waals surface area (Å²) in [5.74, 6) is 1.41. The molecular weight excluding hydrogens is 200 g/mol. The molecule has 1 fully saturated rings. The predicted molar refractivity (Wildman–Crippen MR) is 54.2 cm³/mol. The van der Waals surface area contributed by atoms with Crippen molar-refractivity contribution in [3.05, 3.63) is 11.2 Å². The lowest BCUT2D eigenvalue weighted by Gasteiger charge is -2.09. The number of aromatic nitrogens is 2. The maximum absolute atomic E-state index is 5.57. The van der Waals surface area contributed by atoms with Gasteiger partial charge >= 0.3 is 5.35 Å². The Labute approximate surface area is 88.9 Å². The summed E-state index contributed by atoms with van der Waals surface area (Å²) < 4.78 is 5.17. The van der Waals surface area contributed by atoms with Gasteiger partial charge in [0.15, 0.2) is 0 Å². The molecule has 4 heteroatoms. The number of halogens is 1. The van der Waals surface area contributed by atoms with Gasteiger partial charge in [-0.25, -0.2) is 0 Å². The molecule has 1 heterocycles. The van der Waals surface area contributed by atoms with E-state index in [2.05, 4.69) is 10.2 Å². The van der Waals surface area contributed by atoms with Gasteiger partial charge in [-0.2, -0.15) is 0 Å². The molecule has 0 saturated heterocycles. The van der Waals surface area contributed by atoms with Gasteiger partial charge in [-0.05, 0) is 30.4 Å². The predicted octanol–water partition coefficient (Wildman–Crippen LogP) is 3.24. The van der Waals surface area contributed by atoms with Crippen molar-refractivity contribution in [3.8, 4) is 0 Å². The van der Waals surface area contributed by atoms with Crippen LogP contribution < -0.4 is 0 Å². The van der Waals surface area contributed by atoms with E-state index in [-0.39, 0.29) is 5.35 Å². The highest BCUT2D eigenvalue weighted by atomic mass is 35.5. The number of nitrogens with zero attached hydrogens (tertiary/aromatic N) is 2. The quantitative estimate of drug-likeness (QED) is 0.710. The summed E-state index contributed by atoms with van der Waals surface area (Å²) in [5.41, 5.74) is 0. The average molecular weight is 215 g/mol. The third-order valence-corrected chi connectivity index (χ3v) is 3.03. The van der Waals surface area contributed by atoms with Crippen molar-refractivity contribution in [2.75, 3.05) is 0 Å². The van der Waals surface area contributed by atoms with Crippen molar-refractivity contribution in [3.63, 3.8) is 0 Å². The fourth-order valence-electron chi connectivity index (χ4n) is 2.13. The SMILES string of the molecule is Clc1nnc(CC2CCCCCC2)o1. The van der Waals surface area contributed by atoms with E-state index in [9.17, 15) is 0 Å². The number of rotatable bonds is 2. The van der Waals surface area contributed by atoms with Gasteiger partial charge in [-0.15, -0.1) is 5.10 Å². The molecule has 0 spiro atoms. The Morgan fingerprint density at radius 3 is 2.43 bits per heavy atom. The molecule has 1 aliphatic rings. The molecule has 1 aromatic heterocycles. The van der Waals surface area contributed by atoms with Crippen LogP contribution in [-0.2, 0) is 6.42 Å². The highest BCUT2D eigenvalue weighted by molar-refractivity contribution is 6.27. The molecule has 0 aromatic carbocycles. The molecule has 1 aromatic rings. The molecule has 0 aliphatic heterocycles. The molecule has 0 bridgehead atoms. The molecular formula is C10H15ClN2O. The fraction of sp³-hybridized carbons (Fsp3) is 0.800. The summed E-state index contributed by atoms with van der Waals surface area (Å²) in [6, 6.07) is 0. The molecule has 0 atom stereocenters. The van der Waals surface area contributed by atoms with Crippen LogP contribution in [0.1, 0.15) is 44.4 Å². The Bertz CT molecular complexity index is 279. The topological polar surface area (TPSA) is 38.9 Å². The molecule has 0 radical (unpaired) electrons. The lowest BCUT2D eigenvalue weighted by Crippen LogP contribution is -2.03. The minimum absolute atomic E-state index is 0.161. The molecule has 14 heavy (non-hydrogen) atoms. The second-order valence-electron chi connectivity index (χ2n) is 4.01. The maximum Gasteiger partial charge on any atom is 0.312 e. The van der Waals surface area contributed by atoms with Crippen LogP contribution in [0.25, 0.3) is 0 Å². The van der Waals surface area contributed by atoms with Crippen molar-refractivity contribution in [2.45, 2.75) is 44.9 Å². The minimum Gasteiger partial charge on any atom is -0.412 e. The van der Waals surface area contributed by atoms with E-state index in [0.29, 0.717) is 11.8 Å². The van der Waals surface area contributed by atoms with E-state index in [4.69, 9.17) is 16.0 Å². The zero-order valence-corrected chi connectivity index (χ0v) is 8.96. The second-order valence-corrected chi connectivity index (χ2v) is 4.33. The van der Waals surface area contributed by atoms with Crippen LogP contribution in [0, 0.1) is 5.92 Å². The average Bonchev–Trinajstić information content (AvgIpc) is 2.43. The van der Waals surface area contributed by atoms with Crippen molar-refractivity contribution in [2.24, 2.45) is 5.92 Å². The molecule has 1 aliphatic carbocycles. The van der Waals surface area contributed by atoms with Gasteiger partial charge in [0.2, 0.25) is 5.89 Å². The fourth-order valence-corrected chi connectivity index (χ4v) is 2.26. The van der Waals surface area contributed by atoms with Gasteiger partial charge < -0.3 is 4.42 Å². The van der Waals surface area contributed by atoms with Crippen molar-refractivity contribution >= 4 is 11.6 Å². The highest BCUT2D eigenvalue weighted by Crippen LogP contribution is 2.25. The Kier molecular flexibility index (Phi) is 3.40. The molecule has 78 valence electrons. The highest BCUT2D eigenvalue weighted by Gasteiger charge is 2.15. The first-order chi connectivity index (χ1) is 6.84. The number of hydrogen-bond donors (Lipinski definition) is 0. The Morgan fingerprint density at radius 1 is 1.14 bits per heavy atom. The third-order valence-electron chi connectivity index (χ3n) is 2.88. The smallest absolute Gasteiger partial charge is 0.312 e. The van der Waals surface area contributed by atoms with E-state index in [0.717, 1.165) is 6.42 Å². The van der Waals surface area contributed by atoms with Crippen LogP contribution >= 0.6 is 11.6 Å². The van der Waals surface area contributed by atoms with Crippen molar-refractivity contribution in [1.29, 1.82) is 0 Å². The summed E-state index contributed by atoms with van der Waals surface area (Å²) in [6.07, 6.45) is 8.92. The first kappa shape index (κ1) is 9.97. The van der Waals surface area contributed by atoms with Gasteiger partial charge in [0.25, 0.3) is 0 Å². The summed E-state index contributed by atoms with van der Waals surface area (Å²) in [7, 11) is 0. The zero-order valence-electron chi connectivity index (χ0n) is 8.21. The molecule has 1 saturated carbocycles. The Balaban J connectivity index is 1.89. The van der Waals surface area contributed by atoms with Gasteiger partial charge in [-0.3, -0.25) is 0 Å². The summed E-state index contributed by atoms with van der Waals surface area (Å²) in [6.45, 7) is 0. The van der Waals surface area contributed by atoms with Crippen LogP contribution in [0.15, 0.2) is 4.42 Å². The second kappa shape index (κ2) is 4.78. The van der Waals surface area contributed by atoms with Gasteiger partial charge in [0.05, 0.1) is 0 Å². The zero-order chi connectivity index (χ0) is 9.80. The molecule has 0 unspecified atom stereocenters. The molecule has 2 rings (SSSR count). The minimum atomic E-state index is 0.161. The Morgan fingerprint density at radius 2 is 1.86 bits per heavy atom. The van der Waals surface area contributed by atoms with Crippen molar-refractivity contribution in [1.82, 2.24) is 10.2 Å². The van der Waals surface area contributed by atoms with Crippen LogP contribution in [0.5, 0.6) is 0 Å². The van der Waals surface area contributed by atoms with E-state index in [1.807, 2.05) is 0 Å². The van der Waals surface area contributed by atoms with Crippen LogP contribution in [0.3, 0.4) is 0 Å². The van der Waals surface area contributed by atoms with Gasteiger partial charge in [0.1, 0.15) is 0 Å². The van der Waals surface area contributed by atoms with Gasteiger partial charge in [0, 0.05) is 6.42 Å². The normalized spacial score (nSPS) is 19.5. The molecule has 3 nitrogen and oxygen atoms in total. The summed E-state index contributed by atoms with van der Waals surface area (Å²) in [4.78, 5) is 0. The van der Waals surface area contributed by atoms with E-state index >= 15 is 0 Å². The molecule has 0 amide bonds. The van der Waals surface area contributed by atoms with E-state index < -0.39 is 0 Å². The number of hydrogen-bond acceptors (Lipinski definition) is 3. The van der Waals surface area contributed by atoms with E-state index in [1.54, 1.807) is 0 Å². The van der Waals surface area contributed by atoms with Gasteiger partial charge in [-0.1, -0.05) is 30.8 Å². The Hall–Kier alpha value is -0.570. The largest absolute Gasteiger partial charge is 0.412 e. The summed E-state index contributed by atoms with van der Waals surface area (Å²) >= 11 is 5.57. The standard InChI is InChI=1S/C10H15ClN2O/c11-10-13-12-9(14-10)7-8-5-3-1-2-4-6-8/h8H,1-7H2. The lowest BCUT2D eigenvalue weighted by molar-refractivity contribution is 0.394. The summed E-state index contributed by atoms with van der Waals surface area (Å²) in [5, 5.41) is 7.71. The third kappa shape index (κ3) is 2.71. The van der Waals surface area contributed by atoms with Crippen LogP contribution in [-0.4, -0.2) is 10.2 Å². The van der Waals surface area contributed by atoms with Crippen LogP contribution in [0.4, 0.5) is 0 Å². The monoisotopic (exact) mass is 214 g/mol. The molecule has 0 N–H and O–H groups in total. The first-order valence-electron chi connectivity index (χ1n) is 5.32. The first-order valence-corrected chi connectivity index (χ1v) is 5.70. The van der Waals surface area contributed by atoms with E-state index in [1.165, 1.54) is 38.5 Å².